The molecule has 0 aliphatic heterocycles. The van der Waals surface area contributed by atoms with Gasteiger partial charge in [0.05, 0.1) is 6.54 Å². The molecule has 0 amide bonds. The smallest absolute Gasteiger partial charge is 0.161 e. The summed E-state index contributed by atoms with van der Waals surface area (Å²) >= 11 is 0. The van der Waals surface area contributed by atoms with Gasteiger partial charge in [-0.05, 0) is 41.3 Å². The van der Waals surface area contributed by atoms with Crippen LogP contribution in [0.5, 0.6) is 0 Å². The van der Waals surface area contributed by atoms with Gasteiger partial charge in [0, 0.05) is 11.1 Å². The summed E-state index contributed by atoms with van der Waals surface area (Å²) < 4.78 is 0. The summed E-state index contributed by atoms with van der Waals surface area (Å²) in [6.07, 6.45) is 8.40. The molecule has 0 radical (unpaired) electrons. The Kier molecular flexibility index (Phi) is 8.66. The Labute approximate surface area is 213 Å². The van der Waals surface area contributed by atoms with Gasteiger partial charge in [0.1, 0.15) is 0 Å². The van der Waals surface area contributed by atoms with Crippen LogP contribution in [0.1, 0.15) is 29.2 Å². The van der Waals surface area contributed by atoms with Crippen LogP contribution >= 0.6 is 0 Å². The molecule has 0 N–H and O–H groups in total. The van der Waals surface area contributed by atoms with Crippen molar-refractivity contribution < 1.29 is 0 Å². The maximum absolute atomic E-state index is 4.90. The molecule has 0 spiro atoms. The second-order valence-electron chi connectivity index (χ2n) is 8.15. The van der Waals surface area contributed by atoms with Crippen LogP contribution in [0, 0.1) is 0 Å². The first kappa shape index (κ1) is 24.5. The van der Waals surface area contributed by atoms with Crippen molar-refractivity contribution in [2.45, 2.75) is 13.5 Å². The lowest BCUT2D eigenvalue weighted by Gasteiger charge is -2.06. The predicted molar refractivity (Wildman–Crippen MR) is 155 cm³/mol. The average molecular weight is 468 g/mol. The number of rotatable bonds is 6. The zero-order chi connectivity index (χ0) is 25.0. The van der Waals surface area contributed by atoms with Crippen LogP contribution < -0.4 is 10.4 Å². The maximum atomic E-state index is 4.90. The Bertz CT molecular complexity index is 1500. The number of hydrogen-bond donors (Lipinski definition) is 0. The summed E-state index contributed by atoms with van der Waals surface area (Å²) in [4.78, 5) is 14.0. The van der Waals surface area contributed by atoms with E-state index in [-0.39, 0.29) is 0 Å². The van der Waals surface area contributed by atoms with Crippen molar-refractivity contribution in [3.63, 3.8) is 0 Å². The van der Waals surface area contributed by atoms with Gasteiger partial charge >= 0.3 is 0 Å². The van der Waals surface area contributed by atoms with Crippen molar-refractivity contribution >= 4 is 36.6 Å². The van der Waals surface area contributed by atoms with E-state index in [0.717, 1.165) is 32.7 Å². The van der Waals surface area contributed by atoms with Gasteiger partial charge in [0.2, 0.25) is 0 Å². The molecule has 4 aromatic carbocycles. The third-order valence-electron chi connectivity index (χ3n) is 5.67. The van der Waals surface area contributed by atoms with Gasteiger partial charge in [-0.15, -0.1) is 0 Å². The second-order valence-corrected chi connectivity index (χ2v) is 8.15. The van der Waals surface area contributed by atoms with Gasteiger partial charge < -0.3 is 0 Å². The van der Waals surface area contributed by atoms with Crippen LogP contribution in [0.2, 0.25) is 0 Å². The number of nitrogens with zero attached hydrogens (tertiary/aromatic N) is 3. The van der Waals surface area contributed by atoms with Crippen molar-refractivity contribution in [1.29, 1.82) is 0 Å². The molecular formula is C33H29N3. The lowest BCUT2D eigenvalue weighted by molar-refractivity contribution is 1.06. The first-order valence-electron chi connectivity index (χ1n) is 12.0. The van der Waals surface area contributed by atoms with Crippen molar-refractivity contribution in [2.24, 2.45) is 15.0 Å². The lowest BCUT2D eigenvalue weighted by Crippen LogP contribution is -2.25. The normalized spacial score (nSPS) is 13.4. The number of hydrogen-bond acceptors (Lipinski definition) is 1. The summed E-state index contributed by atoms with van der Waals surface area (Å²) in [5, 5.41) is 2.24. The molecule has 176 valence electrons. The SMILES string of the molecule is C=N/C(=N\C(=N/Cc1ccccc1)c1ccc(=C/C)/c(=C\C=C\c2ccccc2)c1)c1ccccc1. The molecule has 0 atom stereocenters. The minimum absolute atomic E-state index is 0.521. The zero-order valence-electron chi connectivity index (χ0n) is 20.5. The summed E-state index contributed by atoms with van der Waals surface area (Å²) in [6.45, 7) is 6.33. The van der Waals surface area contributed by atoms with Gasteiger partial charge in [0.15, 0.2) is 11.7 Å². The summed E-state index contributed by atoms with van der Waals surface area (Å²) in [5.74, 6) is 1.16. The highest BCUT2D eigenvalue weighted by Crippen LogP contribution is 2.09. The number of allylic oxidation sites excluding steroid dienone is 1. The standard InChI is InChI=1S/C33H29N3/c1-3-28-22-23-31(24-30(28)21-13-18-26-14-7-4-8-15-26)33(35-25-27-16-9-5-10-17-27)36-32(34-2)29-19-11-6-12-20-29/h3-24H,2,25H2,1H3/b18-13+,28-3-,30-21-,35-33-,36-32-. The molecule has 0 bridgehead atoms. The molecule has 0 aliphatic rings. The Morgan fingerprint density at radius 2 is 1.39 bits per heavy atom. The number of amidine groups is 2. The molecule has 0 aromatic heterocycles. The van der Waals surface area contributed by atoms with Gasteiger partial charge in [-0.25, -0.2) is 9.98 Å². The average Bonchev–Trinajstić information content (AvgIpc) is 2.95. The van der Waals surface area contributed by atoms with Gasteiger partial charge in [-0.3, -0.25) is 4.99 Å². The summed E-state index contributed by atoms with van der Waals surface area (Å²) in [7, 11) is 0. The molecule has 0 fully saturated rings. The van der Waals surface area contributed by atoms with E-state index in [1.165, 1.54) is 0 Å². The van der Waals surface area contributed by atoms with E-state index in [0.29, 0.717) is 18.2 Å². The fraction of sp³-hybridized carbons (Fsp3) is 0.0606. The quantitative estimate of drug-likeness (QED) is 0.244. The first-order chi connectivity index (χ1) is 17.8. The fourth-order valence-corrected chi connectivity index (χ4v) is 3.77. The highest BCUT2D eigenvalue weighted by molar-refractivity contribution is 6.12. The Morgan fingerprint density at radius 1 is 0.722 bits per heavy atom. The number of benzene rings is 4. The molecular weight excluding hydrogens is 438 g/mol. The highest BCUT2D eigenvalue weighted by atomic mass is 15.0. The Morgan fingerprint density at radius 3 is 2.06 bits per heavy atom. The third-order valence-corrected chi connectivity index (χ3v) is 5.67. The van der Waals surface area contributed by atoms with Crippen LogP contribution in [0.25, 0.3) is 18.2 Å². The maximum Gasteiger partial charge on any atom is 0.161 e. The van der Waals surface area contributed by atoms with E-state index in [1.807, 2.05) is 73.7 Å². The molecule has 3 heteroatoms. The molecule has 36 heavy (non-hydrogen) atoms. The second kappa shape index (κ2) is 12.7. The van der Waals surface area contributed by atoms with E-state index in [2.05, 4.69) is 78.5 Å². The summed E-state index contributed by atoms with van der Waals surface area (Å²) in [5.41, 5.74) is 4.10. The van der Waals surface area contributed by atoms with Crippen LogP contribution in [0.15, 0.2) is 130 Å². The van der Waals surface area contributed by atoms with E-state index in [4.69, 9.17) is 9.98 Å². The molecule has 0 aliphatic carbocycles. The highest BCUT2D eigenvalue weighted by Gasteiger charge is 2.07. The van der Waals surface area contributed by atoms with E-state index in [1.54, 1.807) is 0 Å². The first-order valence-corrected chi connectivity index (χ1v) is 12.0. The van der Waals surface area contributed by atoms with E-state index >= 15 is 0 Å². The van der Waals surface area contributed by atoms with Crippen molar-refractivity contribution in [3.05, 3.63) is 148 Å². The molecule has 4 aromatic rings. The van der Waals surface area contributed by atoms with E-state index in [9.17, 15) is 0 Å². The van der Waals surface area contributed by atoms with Gasteiger partial charge in [-0.2, -0.15) is 0 Å². The van der Waals surface area contributed by atoms with Crippen LogP contribution in [-0.2, 0) is 6.54 Å². The van der Waals surface area contributed by atoms with Gasteiger partial charge in [-0.1, -0.05) is 127 Å². The third kappa shape index (κ3) is 6.71. The Balaban J connectivity index is 1.79. The van der Waals surface area contributed by atoms with Crippen LogP contribution in [-0.4, -0.2) is 18.4 Å². The summed E-state index contributed by atoms with van der Waals surface area (Å²) in [6, 6.07) is 36.6. The Hall–Kier alpha value is -4.63. The van der Waals surface area contributed by atoms with Crippen molar-refractivity contribution in [3.8, 4) is 0 Å². The molecule has 0 saturated heterocycles. The topological polar surface area (TPSA) is 37.1 Å². The minimum atomic E-state index is 0.521. The molecule has 0 heterocycles. The predicted octanol–water partition coefficient (Wildman–Crippen LogP) is 6.08. The van der Waals surface area contributed by atoms with Gasteiger partial charge in [0.25, 0.3) is 0 Å². The van der Waals surface area contributed by atoms with E-state index < -0.39 is 0 Å². The molecule has 0 unspecified atom stereocenters. The lowest BCUT2D eigenvalue weighted by atomic mass is 10.1. The largest absolute Gasteiger partial charge is 0.261 e. The monoisotopic (exact) mass is 467 g/mol. The fourth-order valence-electron chi connectivity index (χ4n) is 3.77. The van der Waals surface area contributed by atoms with Crippen molar-refractivity contribution in [2.75, 3.05) is 0 Å². The van der Waals surface area contributed by atoms with Crippen LogP contribution in [0.3, 0.4) is 0 Å². The van der Waals surface area contributed by atoms with Crippen molar-refractivity contribution in [1.82, 2.24) is 0 Å². The minimum Gasteiger partial charge on any atom is -0.261 e. The zero-order valence-corrected chi connectivity index (χ0v) is 20.5. The molecule has 3 nitrogen and oxygen atoms in total. The molecule has 4 rings (SSSR count). The molecule has 0 saturated carbocycles. The number of aliphatic imine (C=N–C) groups is 3. The van der Waals surface area contributed by atoms with Crippen LogP contribution in [0.4, 0.5) is 0 Å².